The van der Waals surface area contributed by atoms with Gasteiger partial charge in [0.1, 0.15) is 4.90 Å². The van der Waals surface area contributed by atoms with Crippen LogP contribution in [0.5, 0.6) is 0 Å². The lowest BCUT2D eigenvalue weighted by Gasteiger charge is -2.07. The van der Waals surface area contributed by atoms with E-state index < -0.39 is 10.0 Å². The summed E-state index contributed by atoms with van der Waals surface area (Å²) in [5.41, 5.74) is 2.60. The molecule has 0 unspecified atom stereocenters. The monoisotopic (exact) mass is 425 g/mol. The highest BCUT2D eigenvalue weighted by Gasteiger charge is 2.25. The van der Waals surface area contributed by atoms with Gasteiger partial charge in [0.05, 0.1) is 17.1 Å². The van der Waals surface area contributed by atoms with Crippen molar-refractivity contribution in [2.45, 2.75) is 25.3 Å². The largest absolute Gasteiger partial charge is 0.244 e. The first-order valence-electron chi connectivity index (χ1n) is 8.93. The fourth-order valence-electron chi connectivity index (χ4n) is 3.09. The third-order valence-electron chi connectivity index (χ3n) is 4.45. The maximum absolute atomic E-state index is 12.9. The summed E-state index contributed by atoms with van der Waals surface area (Å²) in [6.45, 7) is 3.64. The van der Waals surface area contributed by atoms with Gasteiger partial charge in [-0.05, 0) is 37.4 Å². The second-order valence-corrected chi connectivity index (χ2v) is 9.19. The average molecular weight is 426 g/mol. The molecule has 3 aromatic heterocycles. The molecule has 0 bridgehead atoms. The van der Waals surface area contributed by atoms with E-state index in [1.807, 2.05) is 53.9 Å². The first-order chi connectivity index (χ1) is 14.0. The van der Waals surface area contributed by atoms with Crippen LogP contribution in [0.15, 0.2) is 64.9 Å². The third kappa shape index (κ3) is 3.98. The molecule has 3 heterocycles. The summed E-state index contributed by atoms with van der Waals surface area (Å²) >= 11 is 1.50. The van der Waals surface area contributed by atoms with Crippen LogP contribution < -0.4 is 4.72 Å². The van der Waals surface area contributed by atoms with Gasteiger partial charge in [-0.15, -0.1) is 21.5 Å². The van der Waals surface area contributed by atoms with Crippen molar-refractivity contribution >= 4 is 21.4 Å². The highest BCUT2D eigenvalue weighted by Crippen LogP contribution is 2.23. The van der Waals surface area contributed by atoms with Gasteiger partial charge in [0.25, 0.3) is 0 Å². The minimum absolute atomic E-state index is 0.169. The quantitative estimate of drug-likeness (QED) is 0.511. The van der Waals surface area contributed by atoms with Crippen LogP contribution in [0, 0.1) is 13.8 Å². The third-order valence-corrected chi connectivity index (χ3v) is 6.98. The molecule has 1 N–H and O–H groups in total. The first-order valence-corrected chi connectivity index (χ1v) is 11.3. The number of hydrogen-bond acceptors (Lipinski definition) is 6. The van der Waals surface area contributed by atoms with Crippen LogP contribution in [0.3, 0.4) is 0 Å². The Morgan fingerprint density at radius 1 is 1.00 bits per heavy atom. The second kappa shape index (κ2) is 7.86. The van der Waals surface area contributed by atoms with Crippen LogP contribution in [-0.4, -0.2) is 28.4 Å². The molecule has 0 fully saturated rings. The van der Waals surface area contributed by atoms with Gasteiger partial charge < -0.3 is 0 Å². The van der Waals surface area contributed by atoms with Gasteiger partial charge in [-0.25, -0.2) is 17.8 Å². The Hall–Kier alpha value is -2.88. The summed E-state index contributed by atoms with van der Waals surface area (Å²) in [5.74, 6) is 0.463. The zero-order valence-corrected chi connectivity index (χ0v) is 17.5. The van der Waals surface area contributed by atoms with E-state index in [-0.39, 0.29) is 11.4 Å². The molecule has 0 radical (unpaired) electrons. The van der Waals surface area contributed by atoms with Crippen molar-refractivity contribution < 1.29 is 8.42 Å². The maximum atomic E-state index is 12.9. The molecule has 9 heteroatoms. The molecule has 0 aliphatic carbocycles. The van der Waals surface area contributed by atoms with Gasteiger partial charge in [-0.1, -0.05) is 36.4 Å². The number of nitrogens with zero attached hydrogens (tertiary/aromatic N) is 4. The predicted molar refractivity (Wildman–Crippen MR) is 112 cm³/mol. The number of hydrogen-bond donors (Lipinski definition) is 1. The first kappa shape index (κ1) is 19.4. The van der Waals surface area contributed by atoms with Crippen molar-refractivity contribution in [2.75, 3.05) is 0 Å². The molecule has 4 rings (SSSR count). The van der Waals surface area contributed by atoms with Crippen molar-refractivity contribution in [1.29, 1.82) is 0 Å². The van der Waals surface area contributed by atoms with Crippen molar-refractivity contribution in [3.63, 3.8) is 0 Å². The second-order valence-electron chi connectivity index (χ2n) is 6.46. The van der Waals surface area contributed by atoms with Crippen LogP contribution in [-0.2, 0) is 16.6 Å². The molecule has 4 aromatic rings. The summed E-state index contributed by atoms with van der Waals surface area (Å²) in [6, 6.07) is 17.1. The number of rotatable bonds is 6. The Bertz CT molecular complexity index is 1220. The van der Waals surface area contributed by atoms with Gasteiger partial charge >= 0.3 is 0 Å². The fraction of sp³-hybridized carbons (Fsp3) is 0.150. The number of aromatic nitrogens is 4. The Labute approximate surface area is 173 Å². The van der Waals surface area contributed by atoms with Crippen LogP contribution in [0.2, 0.25) is 0 Å². The molecule has 0 spiro atoms. The summed E-state index contributed by atoms with van der Waals surface area (Å²) < 4.78 is 29.9. The zero-order valence-electron chi connectivity index (χ0n) is 15.9. The van der Waals surface area contributed by atoms with Gasteiger partial charge in [-0.3, -0.25) is 0 Å². The molecule has 0 aliphatic heterocycles. The minimum Gasteiger partial charge on any atom is -0.216 e. The molecule has 29 heavy (non-hydrogen) atoms. The molecule has 0 aliphatic rings. The van der Waals surface area contributed by atoms with E-state index in [1.54, 1.807) is 19.9 Å². The van der Waals surface area contributed by atoms with Gasteiger partial charge in [0.2, 0.25) is 10.0 Å². The number of benzene rings is 1. The topological polar surface area (TPSA) is 89.8 Å². The maximum Gasteiger partial charge on any atom is 0.244 e. The molecule has 0 amide bonds. The van der Waals surface area contributed by atoms with E-state index in [9.17, 15) is 8.42 Å². The van der Waals surface area contributed by atoms with Crippen LogP contribution in [0.1, 0.15) is 16.3 Å². The SMILES string of the molecule is Cc1nn(-c2ccc(-c3ccccc3)nn2)c(C)c1S(=O)(=O)NCc1cccs1. The van der Waals surface area contributed by atoms with Gasteiger partial charge in [0, 0.05) is 17.0 Å². The van der Waals surface area contributed by atoms with Gasteiger partial charge in [-0.2, -0.15) is 5.10 Å². The van der Waals surface area contributed by atoms with E-state index >= 15 is 0 Å². The standard InChI is InChI=1S/C20H19N5O2S2/c1-14-20(29(26,27)21-13-17-9-6-12-28-17)15(2)25(24-14)19-11-10-18(22-23-19)16-7-4-3-5-8-16/h3-12,21H,13H2,1-2H3. The number of sulfonamides is 1. The van der Waals surface area contributed by atoms with Gasteiger partial charge in [0.15, 0.2) is 5.82 Å². The van der Waals surface area contributed by atoms with Crippen LogP contribution in [0.4, 0.5) is 0 Å². The van der Waals surface area contributed by atoms with Crippen LogP contribution >= 0.6 is 11.3 Å². The Balaban J connectivity index is 1.63. The van der Waals surface area contributed by atoms with E-state index in [4.69, 9.17) is 0 Å². The summed E-state index contributed by atoms with van der Waals surface area (Å²) in [7, 11) is -3.71. The predicted octanol–water partition coefficient (Wildman–Crippen LogP) is 3.49. The minimum atomic E-state index is -3.71. The molecular weight excluding hydrogens is 406 g/mol. The Kier molecular flexibility index (Phi) is 5.27. The number of nitrogens with one attached hydrogen (secondary N) is 1. The molecule has 1 aromatic carbocycles. The lowest BCUT2D eigenvalue weighted by atomic mass is 10.1. The van der Waals surface area contributed by atoms with E-state index in [0.717, 1.165) is 16.1 Å². The Morgan fingerprint density at radius 2 is 1.79 bits per heavy atom. The lowest BCUT2D eigenvalue weighted by Crippen LogP contribution is -2.24. The molecule has 0 saturated heterocycles. The number of thiophene rings is 1. The molecule has 148 valence electrons. The molecule has 0 saturated carbocycles. The Morgan fingerprint density at radius 3 is 2.45 bits per heavy atom. The van der Waals surface area contributed by atoms with E-state index in [2.05, 4.69) is 20.0 Å². The van der Waals surface area contributed by atoms with E-state index in [0.29, 0.717) is 17.2 Å². The zero-order chi connectivity index (χ0) is 20.4. The molecular formula is C20H19N5O2S2. The smallest absolute Gasteiger partial charge is 0.216 e. The summed E-state index contributed by atoms with van der Waals surface area (Å²) in [5, 5.41) is 14.8. The summed E-state index contributed by atoms with van der Waals surface area (Å²) in [6.07, 6.45) is 0. The van der Waals surface area contributed by atoms with Crippen molar-refractivity contribution in [3.05, 3.63) is 76.2 Å². The van der Waals surface area contributed by atoms with E-state index in [1.165, 1.54) is 16.0 Å². The highest BCUT2D eigenvalue weighted by molar-refractivity contribution is 7.89. The number of aryl methyl sites for hydroxylation is 1. The molecule has 7 nitrogen and oxygen atoms in total. The highest BCUT2D eigenvalue weighted by atomic mass is 32.2. The van der Waals surface area contributed by atoms with Crippen molar-refractivity contribution in [1.82, 2.24) is 24.7 Å². The van der Waals surface area contributed by atoms with Crippen molar-refractivity contribution in [2.24, 2.45) is 0 Å². The lowest BCUT2D eigenvalue weighted by molar-refractivity contribution is 0.580. The normalized spacial score (nSPS) is 11.7. The summed E-state index contributed by atoms with van der Waals surface area (Å²) in [4.78, 5) is 1.11. The fourth-order valence-corrected chi connectivity index (χ4v) is 5.22. The molecule has 0 atom stereocenters. The average Bonchev–Trinajstić information content (AvgIpc) is 3.35. The van der Waals surface area contributed by atoms with Crippen molar-refractivity contribution in [3.8, 4) is 17.1 Å². The van der Waals surface area contributed by atoms with Crippen LogP contribution in [0.25, 0.3) is 17.1 Å².